The van der Waals surface area contributed by atoms with E-state index < -0.39 is 0 Å². The molecule has 0 aromatic rings. The Balaban J connectivity index is 2.11. The van der Waals surface area contributed by atoms with Gasteiger partial charge in [0.1, 0.15) is 0 Å². The summed E-state index contributed by atoms with van der Waals surface area (Å²) in [6, 6.07) is 0. The molecule has 1 fully saturated rings. The molecule has 0 aromatic carbocycles. The summed E-state index contributed by atoms with van der Waals surface area (Å²) in [6.07, 6.45) is 1.21. The van der Waals surface area contributed by atoms with Crippen molar-refractivity contribution < 1.29 is 23.9 Å². The molecule has 2 atom stereocenters. The van der Waals surface area contributed by atoms with Crippen LogP contribution in [0.1, 0.15) is 46.5 Å². The van der Waals surface area contributed by atoms with E-state index in [-0.39, 0.29) is 55.0 Å². The van der Waals surface area contributed by atoms with E-state index in [9.17, 15) is 19.2 Å². The minimum atomic E-state index is -0.284. The maximum atomic E-state index is 11.8. The molecule has 1 aliphatic rings. The van der Waals surface area contributed by atoms with Crippen LogP contribution in [0.5, 0.6) is 0 Å². The van der Waals surface area contributed by atoms with Crippen LogP contribution in [0.3, 0.4) is 0 Å². The van der Waals surface area contributed by atoms with E-state index in [1.54, 1.807) is 6.92 Å². The monoisotopic (exact) mass is 355 g/mol. The zero-order valence-corrected chi connectivity index (χ0v) is 15.3. The van der Waals surface area contributed by atoms with Gasteiger partial charge in [0.25, 0.3) is 0 Å². The van der Waals surface area contributed by atoms with E-state index in [4.69, 9.17) is 4.74 Å². The molecule has 0 aliphatic carbocycles. The SMILES string of the molecule is CCNC(=O)CCOC(C)CCNC(=O)CCN1C(=O)CC(C)C1=O. The lowest BCUT2D eigenvalue weighted by Crippen LogP contribution is -2.35. The van der Waals surface area contributed by atoms with Gasteiger partial charge in [-0.15, -0.1) is 0 Å². The van der Waals surface area contributed by atoms with Crippen LogP contribution in [-0.2, 0) is 23.9 Å². The fraction of sp³-hybridized carbons (Fsp3) is 0.765. The molecule has 142 valence electrons. The van der Waals surface area contributed by atoms with Gasteiger partial charge in [-0.25, -0.2) is 0 Å². The first-order valence-electron chi connectivity index (χ1n) is 8.84. The molecule has 0 saturated carbocycles. The highest BCUT2D eigenvalue weighted by atomic mass is 16.5. The minimum Gasteiger partial charge on any atom is -0.378 e. The molecule has 25 heavy (non-hydrogen) atoms. The van der Waals surface area contributed by atoms with Crippen LogP contribution in [0.4, 0.5) is 0 Å². The number of likely N-dealkylation sites (tertiary alicyclic amines) is 1. The fourth-order valence-corrected chi connectivity index (χ4v) is 2.52. The van der Waals surface area contributed by atoms with Crippen LogP contribution in [0.2, 0.25) is 0 Å². The van der Waals surface area contributed by atoms with Crippen LogP contribution in [0.25, 0.3) is 0 Å². The third-order valence-electron chi connectivity index (χ3n) is 4.01. The van der Waals surface area contributed by atoms with E-state index in [2.05, 4.69) is 10.6 Å². The van der Waals surface area contributed by atoms with Crippen molar-refractivity contribution in [1.82, 2.24) is 15.5 Å². The summed E-state index contributed by atoms with van der Waals surface area (Å²) in [5, 5.41) is 5.45. The molecule has 2 unspecified atom stereocenters. The summed E-state index contributed by atoms with van der Waals surface area (Å²) in [6.45, 7) is 6.98. The van der Waals surface area contributed by atoms with Gasteiger partial charge < -0.3 is 15.4 Å². The van der Waals surface area contributed by atoms with Crippen molar-refractivity contribution in [2.24, 2.45) is 5.92 Å². The topological polar surface area (TPSA) is 105 Å². The van der Waals surface area contributed by atoms with E-state index in [0.717, 1.165) is 4.90 Å². The Morgan fingerprint density at radius 2 is 1.92 bits per heavy atom. The van der Waals surface area contributed by atoms with Crippen molar-refractivity contribution in [2.45, 2.75) is 52.6 Å². The van der Waals surface area contributed by atoms with Gasteiger partial charge in [-0.1, -0.05) is 6.92 Å². The van der Waals surface area contributed by atoms with Crippen molar-refractivity contribution >= 4 is 23.6 Å². The Morgan fingerprint density at radius 1 is 1.24 bits per heavy atom. The summed E-state index contributed by atoms with van der Waals surface area (Å²) < 4.78 is 5.51. The molecule has 8 heteroatoms. The highest BCUT2D eigenvalue weighted by molar-refractivity contribution is 6.03. The molecule has 1 aliphatic heterocycles. The van der Waals surface area contributed by atoms with Gasteiger partial charge in [0, 0.05) is 44.8 Å². The number of amides is 4. The second kappa shape index (κ2) is 10.8. The van der Waals surface area contributed by atoms with Crippen LogP contribution < -0.4 is 10.6 Å². The predicted octanol–water partition coefficient (Wildman–Crippen LogP) is 0.209. The molecular weight excluding hydrogens is 326 g/mol. The van der Waals surface area contributed by atoms with E-state index in [1.807, 2.05) is 13.8 Å². The molecule has 4 amide bonds. The van der Waals surface area contributed by atoms with Gasteiger partial charge in [-0.2, -0.15) is 0 Å². The lowest BCUT2D eigenvalue weighted by atomic mass is 10.1. The summed E-state index contributed by atoms with van der Waals surface area (Å²) in [7, 11) is 0. The number of hydrogen-bond acceptors (Lipinski definition) is 5. The van der Waals surface area contributed by atoms with E-state index in [0.29, 0.717) is 32.5 Å². The first-order chi connectivity index (χ1) is 11.8. The van der Waals surface area contributed by atoms with Crippen molar-refractivity contribution in [1.29, 1.82) is 0 Å². The number of hydrogen-bond donors (Lipinski definition) is 2. The highest BCUT2D eigenvalue weighted by Crippen LogP contribution is 2.18. The number of ether oxygens (including phenoxy) is 1. The number of imide groups is 1. The quantitative estimate of drug-likeness (QED) is 0.516. The van der Waals surface area contributed by atoms with Crippen molar-refractivity contribution in [2.75, 3.05) is 26.2 Å². The highest BCUT2D eigenvalue weighted by Gasteiger charge is 2.35. The normalized spacial score (nSPS) is 18.4. The van der Waals surface area contributed by atoms with Crippen LogP contribution in [-0.4, -0.2) is 60.9 Å². The lowest BCUT2D eigenvalue weighted by Gasteiger charge is -2.15. The Bertz CT molecular complexity index is 495. The van der Waals surface area contributed by atoms with Gasteiger partial charge in [0.05, 0.1) is 12.7 Å². The van der Waals surface area contributed by atoms with Gasteiger partial charge in [-0.05, 0) is 20.3 Å². The van der Waals surface area contributed by atoms with Gasteiger partial charge in [-0.3, -0.25) is 24.1 Å². The molecule has 0 radical (unpaired) electrons. The molecule has 8 nitrogen and oxygen atoms in total. The molecule has 1 heterocycles. The second-order valence-corrected chi connectivity index (χ2v) is 6.26. The number of rotatable bonds is 11. The smallest absolute Gasteiger partial charge is 0.232 e. The third kappa shape index (κ3) is 7.64. The molecule has 0 aromatic heterocycles. The number of nitrogens with one attached hydrogen (secondary N) is 2. The first-order valence-corrected chi connectivity index (χ1v) is 8.84. The van der Waals surface area contributed by atoms with Crippen LogP contribution in [0, 0.1) is 5.92 Å². The average Bonchev–Trinajstić information content (AvgIpc) is 2.78. The Morgan fingerprint density at radius 3 is 2.52 bits per heavy atom. The number of carbonyl (C=O) groups excluding carboxylic acids is 4. The maximum absolute atomic E-state index is 11.8. The fourth-order valence-electron chi connectivity index (χ4n) is 2.52. The lowest BCUT2D eigenvalue weighted by molar-refractivity contribution is -0.139. The minimum absolute atomic E-state index is 0.0386. The summed E-state index contributed by atoms with van der Waals surface area (Å²) in [4.78, 5) is 47.6. The Labute approximate surface area is 148 Å². The molecule has 0 bridgehead atoms. The number of carbonyl (C=O) groups is 4. The maximum Gasteiger partial charge on any atom is 0.232 e. The molecule has 2 N–H and O–H groups in total. The Hall–Kier alpha value is -1.96. The molecular formula is C17H29N3O5. The first kappa shape index (κ1) is 21.1. The average molecular weight is 355 g/mol. The van der Waals surface area contributed by atoms with E-state index >= 15 is 0 Å². The zero-order chi connectivity index (χ0) is 18.8. The van der Waals surface area contributed by atoms with Crippen LogP contribution in [0.15, 0.2) is 0 Å². The van der Waals surface area contributed by atoms with Gasteiger partial charge in [0.15, 0.2) is 0 Å². The largest absolute Gasteiger partial charge is 0.378 e. The van der Waals surface area contributed by atoms with Gasteiger partial charge >= 0.3 is 0 Å². The predicted molar refractivity (Wildman–Crippen MR) is 91.5 cm³/mol. The van der Waals surface area contributed by atoms with Crippen LogP contribution >= 0.6 is 0 Å². The Kier molecular flexibility index (Phi) is 9.12. The molecule has 1 saturated heterocycles. The van der Waals surface area contributed by atoms with Gasteiger partial charge in [0.2, 0.25) is 23.6 Å². The van der Waals surface area contributed by atoms with E-state index in [1.165, 1.54) is 0 Å². The van der Waals surface area contributed by atoms with Crippen molar-refractivity contribution in [3.63, 3.8) is 0 Å². The zero-order valence-electron chi connectivity index (χ0n) is 15.3. The van der Waals surface area contributed by atoms with Crippen molar-refractivity contribution in [3.8, 4) is 0 Å². The number of nitrogens with zero attached hydrogens (tertiary/aromatic N) is 1. The standard InChI is InChI=1S/C17H29N3O5/c1-4-18-15(22)7-10-25-13(3)5-8-19-14(21)6-9-20-16(23)11-12(2)17(20)24/h12-13H,4-11H2,1-3H3,(H,18,22)(H,19,21). The molecule has 0 spiro atoms. The summed E-state index contributed by atoms with van der Waals surface area (Å²) in [5.41, 5.74) is 0. The van der Waals surface area contributed by atoms with Crippen molar-refractivity contribution in [3.05, 3.63) is 0 Å². The summed E-state index contributed by atoms with van der Waals surface area (Å²) in [5.74, 6) is -0.933. The third-order valence-corrected chi connectivity index (χ3v) is 4.01. The summed E-state index contributed by atoms with van der Waals surface area (Å²) >= 11 is 0. The molecule has 1 rings (SSSR count). The second-order valence-electron chi connectivity index (χ2n) is 6.26.